The molecule has 0 spiro atoms. The van der Waals surface area contributed by atoms with Crippen molar-refractivity contribution in [3.63, 3.8) is 0 Å². The quantitative estimate of drug-likeness (QED) is 0.366. The molecule has 0 aliphatic heterocycles. The fraction of sp³-hybridized carbons (Fsp3) is 0.419. The summed E-state index contributed by atoms with van der Waals surface area (Å²) in [6, 6.07) is 17.6. The molecular weight excluding hydrogens is 448 g/mol. The molecule has 192 valence electrons. The molecule has 2 unspecified atom stereocenters. The van der Waals surface area contributed by atoms with Crippen LogP contribution in [0.2, 0.25) is 0 Å². The van der Waals surface area contributed by atoms with E-state index in [2.05, 4.69) is 33.1 Å². The Hall–Kier alpha value is -3.34. The lowest BCUT2D eigenvalue weighted by Gasteiger charge is -2.40. The Morgan fingerprint density at radius 3 is 2.14 bits per heavy atom. The van der Waals surface area contributed by atoms with Gasteiger partial charge in [0.05, 0.1) is 19.1 Å². The van der Waals surface area contributed by atoms with Gasteiger partial charge < -0.3 is 4.74 Å². The molecule has 0 aliphatic rings. The van der Waals surface area contributed by atoms with Gasteiger partial charge in [0.25, 0.3) is 5.91 Å². The third kappa shape index (κ3) is 6.26. The van der Waals surface area contributed by atoms with Crippen LogP contribution in [0.3, 0.4) is 0 Å². The average molecular weight is 489 g/mol. The minimum atomic E-state index is -0.437. The molecule has 0 aliphatic carbocycles. The van der Waals surface area contributed by atoms with Crippen LogP contribution in [0.4, 0.5) is 0 Å². The summed E-state index contributed by atoms with van der Waals surface area (Å²) < 4.78 is 5.32. The number of amides is 2. The van der Waals surface area contributed by atoms with Crippen molar-refractivity contribution >= 4 is 22.6 Å². The Labute approximate surface area is 215 Å². The van der Waals surface area contributed by atoms with Gasteiger partial charge in [-0.2, -0.15) is 0 Å². The molecule has 0 fully saturated rings. The first-order valence-electron chi connectivity index (χ1n) is 12.7. The first-order chi connectivity index (χ1) is 16.9. The number of aryl methyl sites for hydroxylation is 2. The number of carbonyl (C=O) groups is 2. The summed E-state index contributed by atoms with van der Waals surface area (Å²) in [5, 5.41) is 3.67. The van der Waals surface area contributed by atoms with Crippen molar-refractivity contribution in [1.29, 1.82) is 0 Å². The maximum absolute atomic E-state index is 13.8. The fourth-order valence-electron chi connectivity index (χ4n) is 4.74. The third-order valence-corrected chi connectivity index (χ3v) is 6.76. The van der Waals surface area contributed by atoms with E-state index in [9.17, 15) is 9.59 Å². The van der Waals surface area contributed by atoms with Gasteiger partial charge in [0, 0.05) is 5.56 Å². The normalized spacial score (nSPS) is 13.2. The molecule has 0 radical (unpaired) electrons. The van der Waals surface area contributed by atoms with Crippen molar-refractivity contribution in [1.82, 2.24) is 10.4 Å². The van der Waals surface area contributed by atoms with E-state index >= 15 is 0 Å². The summed E-state index contributed by atoms with van der Waals surface area (Å²) in [5.74, 6) is -0.0220. The van der Waals surface area contributed by atoms with E-state index in [-0.39, 0.29) is 23.3 Å². The molecule has 3 aromatic rings. The second-order valence-corrected chi connectivity index (χ2v) is 10.9. The molecular formula is C31H40N2O3. The Morgan fingerprint density at radius 1 is 0.944 bits per heavy atom. The second-order valence-electron chi connectivity index (χ2n) is 10.9. The monoisotopic (exact) mass is 488 g/mol. The molecule has 0 bridgehead atoms. The standard InChI is InChI=1S/C31H40N2O3/c1-9-10-28(31(5,6)7)33(30(35)26-16-20(2)15-21(3)17-26)32-29(34)22(4)23-11-12-25-19-27(36-8)14-13-24(25)18-23/h11-19,22,28H,9-10H2,1-8H3,(H,32,34). The van der Waals surface area contributed by atoms with Gasteiger partial charge in [-0.1, -0.05) is 75.6 Å². The lowest BCUT2D eigenvalue weighted by Crippen LogP contribution is -2.56. The zero-order valence-electron chi connectivity index (χ0n) is 22.9. The van der Waals surface area contributed by atoms with E-state index in [1.807, 2.05) is 75.4 Å². The number of fused-ring (bicyclic) bond motifs is 1. The highest BCUT2D eigenvalue weighted by Gasteiger charge is 2.35. The van der Waals surface area contributed by atoms with Gasteiger partial charge >= 0.3 is 0 Å². The van der Waals surface area contributed by atoms with Crippen LogP contribution in [0.25, 0.3) is 10.8 Å². The predicted octanol–water partition coefficient (Wildman–Crippen LogP) is 6.96. The minimum absolute atomic E-state index is 0.156. The number of nitrogens with one attached hydrogen (secondary N) is 1. The topological polar surface area (TPSA) is 58.6 Å². The van der Waals surface area contributed by atoms with E-state index in [1.54, 1.807) is 12.1 Å². The lowest BCUT2D eigenvalue weighted by atomic mass is 9.83. The van der Waals surface area contributed by atoms with E-state index in [4.69, 9.17) is 4.74 Å². The highest BCUT2D eigenvalue weighted by atomic mass is 16.5. The first kappa shape index (κ1) is 27.3. The molecule has 0 heterocycles. The van der Waals surface area contributed by atoms with Crippen molar-refractivity contribution in [3.05, 3.63) is 76.9 Å². The maximum Gasteiger partial charge on any atom is 0.272 e. The highest BCUT2D eigenvalue weighted by molar-refractivity contribution is 5.97. The fourth-order valence-corrected chi connectivity index (χ4v) is 4.74. The molecule has 5 nitrogen and oxygen atoms in total. The van der Waals surface area contributed by atoms with Crippen LogP contribution in [-0.2, 0) is 4.79 Å². The Morgan fingerprint density at radius 2 is 1.56 bits per heavy atom. The lowest BCUT2D eigenvalue weighted by molar-refractivity contribution is -0.128. The zero-order valence-corrected chi connectivity index (χ0v) is 22.9. The minimum Gasteiger partial charge on any atom is -0.497 e. The van der Waals surface area contributed by atoms with Crippen molar-refractivity contribution < 1.29 is 14.3 Å². The third-order valence-electron chi connectivity index (χ3n) is 6.76. The van der Waals surface area contributed by atoms with E-state index in [0.717, 1.165) is 46.1 Å². The van der Waals surface area contributed by atoms with Gasteiger partial charge in [-0.05, 0) is 73.2 Å². The van der Waals surface area contributed by atoms with Crippen molar-refractivity contribution in [2.45, 2.75) is 73.3 Å². The number of benzene rings is 3. The molecule has 0 saturated heterocycles. The Balaban J connectivity index is 1.95. The molecule has 2 atom stereocenters. The second kappa shape index (κ2) is 11.2. The van der Waals surface area contributed by atoms with Gasteiger partial charge in [0.1, 0.15) is 5.75 Å². The summed E-state index contributed by atoms with van der Waals surface area (Å²) in [7, 11) is 1.65. The molecule has 5 heteroatoms. The highest BCUT2D eigenvalue weighted by Crippen LogP contribution is 2.30. The molecule has 36 heavy (non-hydrogen) atoms. The number of nitrogens with zero attached hydrogens (tertiary/aromatic N) is 1. The summed E-state index contributed by atoms with van der Waals surface area (Å²) in [6.45, 7) is 14.3. The molecule has 0 aromatic heterocycles. The number of carbonyl (C=O) groups excluding carboxylic acids is 2. The molecule has 0 saturated carbocycles. The number of methoxy groups -OCH3 is 1. The van der Waals surface area contributed by atoms with Crippen LogP contribution >= 0.6 is 0 Å². The van der Waals surface area contributed by atoms with E-state index in [1.165, 1.54) is 0 Å². The van der Waals surface area contributed by atoms with Gasteiger partial charge in [-0.15, -0.1) is 0 Å². The SMILES string of the molecule is CCCC(N(NC(=O)C(C)c1ccc2cc(OC)ccc2c1)C(=O)c1cc(C)cc(C)c1)C(C)(C)C. The van der Waals surface area contributed by atoms with Crippen molar-refractivity contribution in [2.24, 2.45) is 5.41 Å². The number of hydrogen-bond donors (Lipinski definition) is 1. The zero-order chi connectivity index (χ0) is 26.6. The number of hydrazine groups is 1. The van der Waals surface area contributed by atoms with Crippen molar-refractivity contribution in [2.75, 3.05) is 7.11 Å². The van der Waals surface area contributed by atoms with Gasteiger partial charge in [-0.25, -0.2) is 5.01 Å². The average Bonchev–Trinajstić information content (AvgIpc) is 2.83. The number of ether oxygens (including phenoxy) is 1. The number of rotatable bonds is 7. The maximum atomic E-state index is 13.8. The summed E-state index contributed by atoms with van der Waals surface area (Å²) in [6.07, 6.45) is 1.69. The van der Waals surface area contributed by atoms with Gasteiger partial charge in [0.2, 0.25) is 5.91 Å². The van der Waals surface area contributed by atoms with Crippen molar-refractivity contribution in [3.8, 4) is 5.75 Å². The van der Waals surface area contributed by atoms with E-state index < -0.39 is 5.92 Å². The van der Waals surface area contributed by atoms with Crippen LogP contribution in [0.1, 0.15) is 80.4 Å². The van der Waals surface area contributed by atoms with E-state index in [0.29, 0.717) is 5.56 Å². The summed E-state index contributed by atoms with van der Waals surface area (Å²) in [4.78, 5) is 27.4. The molecule has 3 aromatic carbocycles. The van der Waals surface area contributed by atoms with Crippen LogP contribution in [0.15, 0.2) is 54.6 Å². The number of hydrogen-bond acceptors (Lipinski definition) is 3. The summed E-state index contributed by atoms with van der Waals surface area (Å²) >= 11 is 0. The molecule has 3 rings (SSSR count). The predicted molar refractivity (Wildman–Crippen MR) is 147 cm³/mol. The Bertz CT molecular complexity index is 1220. The summed E-state index contributed by atoms with van der Waals surface area (Å²) in [5.41, 5.74) is 6.34. The first-order valence-corrected chi connectivity index (χ1v) is 12.7. The Kier molecular flexibility index (Phi) is 8.44. The van der Waals surface area contributed by atoms with Crippen LogP contribution < -0.4 is 10.2 Å². The molecule has 1 N–H and O–H groups in total. The molecule has 2 amide bonds. The smallest absolute Gasteiger partial charge is 0.272 e. The van der Waals surface area contributed by atoms with Gasteiger partial charge in [-0.3, -0.25) is 15.0 Å². The van der Waals surface area contributed by atoms with Gasteiger partial charge in [0.15, 0.2) is 0 Å². The van der Waals surface area contributed by atoms with Crippen LogP contribution in [0.5, 0.6) is 5.75 Å². The largest absolute Gasteiger partial charge is 0.497 e. The van der Waals surface area contributed by atoms with Crippen LogP contribution in [-0.4, -0.2) is 30.0 Å². The van der Waals surface area contributed by atoms with Crippen LogP contribution in [0, 0.1) is 19.3 Å².